The summed E-state index contributed by atoms with van der Waals surface area (Å²) in [4.78, 5) is 12.7. The number of carbonyl (C=O) groups excluding carboxylic acids is 1. The highest BCUT2D eigenvalue weighted by Crippen LogP contribution is 2.71. The molecular formula is C16H20O. The third kappa shape index (κ3) is 0.994. The smallest absolute Gasteiger partial charge is 0.148 e. The van der Waals surface area contributed by atoms with Crippen molar-refractivity contribution in [3.63, 3.8) is 0 Å². The van der Waals surface area contributed by atoms with Crippen molar-refractivity contribution < 1.29 is 4.79 Å². The molecule has 0 N–H and O–H groups in total. The van der Waals surface area contributed by atoms with E-state index >= 15 is 0 Å². The Morgan fingerprint density at radius 1 is 1.00 bits per heavy atom. The number of benzene rings is 1. The van der Waals surface area contributed by atoms with E-state index in [1.807, 2.05) is 6.07 Å². The standard InChI is InChI=1S/C16H20O/c1-14(2)10-15(3,4)16(14)12-8-6-5-7-11(12)9-13(16)17/h5-8H,9-10H2,1-4H3. The molecule has 0 aromatic heterocycles. The maximum atomic E-state index is 12.7. The van der Waals surface area contributed by atoms with E-state index < -0.39 is 0 Å². The molecule has 0 amide bonds. The van der Waals surface area contributed by atoms with Crippen molar-refractivity contribution >= 4 is 5.78 Å². The van der Waals surface area contributed by atoms with Gasteiger partial charge in [-0.3, -0.25) is 4.79 Å². The van der Waals surface area contributed by atoms with Gasteiger partial charge in [-0.1, -0.05) is 52.0 Å². The number of carbonyl (C=O) groups is 1. The molecule has 0 unspecified atom stereocenters. The van der Waals surface area contributed by atoms with Gasteiger partial charge in [-0.2, -0.15) is 0 Å². The molecule has 1 aromatic carbocycles. The predicted octanol–water partition coefficient (Wildman–Crippen LogP) is 3.51. The molecule has 17 heavy (non-hydrogen) atoms. The molecule has 90 valence electrons. The lowest BCUT2D eigenvalue weighted by atomic mass is 9.36. The Hall–Kier alpha value is -1.11. The van der Waals surface area contributed by atoms with Gasteiger partial charge < -0.3 is 0 Å². The second-order valence-electron chi connectivity index (χ2n) is 6.95. The van der Waals surface area contributed by atoms with Crippen molar-refractivity contribution in [3.8, 4) is 0 Å². The van der Waals surface area contributed by atoms with E-state index in [9.17, 15) is 4.79 Å². The first-order chi connectivity index (χ1) is 7.83. The van der Waals surface area contributed by atoms with Crippen molar-refractivity contribution in [2.45, 2.75) is 46.0 Å². The second kappa shape index (κ2) is 2.82. The van der Waals surface area contributed by atoms with Crippen LogP contribution in [-0.4, -0.2) is 5.78 Å². The summed E-state index contributed by atoms with van der Waals surface area (Å²) in [6.07, 6.45) is 1.75. The zero-order chi connectivity index (χ0) is 12.5. The van der Waals surface area contributed by atoms with Crippen LogP contribution in [0.3, 0.4) is 0 Å². The quantitative estimate of drug-likeness (QED) is 0.664. The van der Waals surface area contributed by atoms with Crippen molar-refractivity contribution in [2.75, 3.05) is 0 Å². The molecule has 1 nitrogen and oxygen atoms in total. The van der Waals surface area contributed by atoms with Crippen LogP contribution in [0.5, 0.6) is 0 Å². The van der Waals surface area contributed by atoms with E-state index in [1.54, 1.807) is 0 Å². The van der Waals surface area contributed by atoms with Crippen LogP contribution >= 0.6 is 0 Å². The van der Waals surface area contributed by atoms with Crippen LogP contribution < -0.4 is 0 Å². The fraction of sp³-hybridized carbons (Fsp3) is 0.562. The van der Waals surface area contributed by atoms with Gasteiger partial charge in [0.05, 0.1) is 5.41 Å². The highest BCUT2D eigenvalue weighted by atomic mass is 16.1. The lowest BCUT2D eigenvalue weighted by Gasteiger charge is -2.65. The van der Waals surface area contributed by atoms with E-state index in [2.05, 4.69) is 45.9 Å². The molecule has 0 atom stereocenters. The normalized spacial score (nSPS) is 26.7. The van der Waals surface area contributed by atoms with E-state index in [1.165, 1.54) is 11.1 Å². The van der Waals surface area contributed by atoms with Gasteiger partial charge in [0.25, 0.3) is 0 Å². The van der Waals surface area contributed by atoms with Crippen LogP contribution in [0.2, 0.25) is 0 Å². The topological polar surface area (TPSA) is 17.1 Å². The summed E-state index contributed by atoms with van der Waals surface area (Å²) in [7, 11) is 0. The molecule has 0 radical (unpaired) electrons. The monoisotopic (exact) mass is 228 g/mol. The predicted molar refractivity (Wildman–Crippen MR) is 69.0 cm³/mol. The zero-order valence-corrected chi connectivity index (χ0v) is 11.1. The number of fused-ring (bicyclic) bond motifs is 2. The molecule has 2 aliphatic rings. The molecule has 1 heteroatoms. The third-order valence-electron chi connectivity index (χ3n) is 5.10. The average Bonchev–Trinajstić information content (AvgIpc) is 2.50. The van der Waals surface area contributed by atoms with E-state index in [0.29, 0.717) is 12.2 Å². The van der Waals surface area contributed by atoms with Crippen LogP contribution in [0, 0.1) is 10.8 Å². The maximum Gasteiger partial charge on any atom is 0.148 e. The Morgan fingerprint density at radius 3 is 2.18 bits per heavy atom. The largest absolute Gasteiger partial charge is 0.298 e. The van der Waals surface area contributed by atoms with E-state index in [-0.39, 0.29) is 16.2 Å². The minimum atomic E-state index is -0.239. The van der Waals surface area contributed by atoms with Gasteiger partial charge in [0, 0.05) is 6.42 Å². The van der Waals surface area contributed by atoms with Crippen LogP contribution in [0.15, 0.2) is 24.3 Å². The Morgan fingerprint density at radius 2 is 1.59 bits per heavy atom. The van der Waals surface area contributed by atoms with Crippen LogP contribution in [0.1, 0.15) is 45.2 Å². The molecule has 0 heterocycles. The third-order valence-corrected chi connectivity index (χ3v) is 5.10. The van der Waals surface area contributed by atoms with Gasteiger partial charge in [0.2, 0.25) is 0 Å². The summed E-state index contributed by atoms with van der Waals surface area (Å²) >= 11 is 0. The number of ketones is 1. The number of hydrogen-bond donors (Lipinski definition) is 0. The van der Waals surface area contributed by atoms with E-state index in [4.69, 9.17) is 0 Å². The van der Waals surface area contributed by atoms with Crippen molar-refractivity contribution in [3.05, 3.63) is 35.4 Å². The molecule has 3 rings (SSSR count). The lowest BCUT2D eigenvalue weighted by Crippen LogP contribution is -2.66. The molecule has 0 aliphatic heterocycles. The molecule has 1 saturated carbocycles. The SMILES string of the molecule is CC1(C)CC(C)(C)C12C(=O)Cc1ccccc12. The highest BCUT2D eigenvalue weighted by Gasteiger charge is 2.71. The molecule has 2 aliphatic carbocycles. The first-order valence-corrected chi connectivity index (χ1v) is 6.45. The van der Waals surface area contributed by atoms with Gasteiger partial charge in [-0.25, -0.2) is 0 Å². The Kier molecular flexibility index (Phi) is 1.83. The van der Waals surface area contributed by atoms with Crippen LogP contribution in [0.4, 0.5) is 0 Å². The Balaban J connectivity index is 2.30. The highest BCUT2D eigenvalue weighted by molar-refractivity contribution is 5.99. The summed E-state index contributed by atoms with van der Waals surface area (Å²) < 4.78 is 0. The lowest BCUT2D eigenvalue weighted by molar-refractivity contribution is -0.158. The summed E-state index contributed by atoms with van der Waals surface area (Å²) in [5.74, 6) is 0.431. The number of Topliss-reactive ketones (excluding diaryl/α,β-unsaturated/α-hetero) is 1. The van der Waals surface area contributed by atoms with Gasteiger partial charge in [0.1, 0.15) is 5.78 Å². The summed E-state index contributed by atoms with van der Waals surface area (Å²) in [6, 6.07) is 8.41. The zero-order valence-electron chi connectivity index (χ0n) is 11.1. The van der Waals surface area contributed by atoms with Crippen LogP contribution in [-0.2, 0) is 16.6 Å². The number of hydrogen-bond acceptors (Lipinski definition) is 1. The molecule has 1 aromatic rings. The molecule has 1 spiro atoms. The molecule has 0 saturated heterocycles. The summed E-state index contributed by atoms with van der Waals surface area (Å²) in [5, 5.41) is 0. The minimum absolute atomic E-state index is 0.0974. The number of rotatable bonds is 0. The Labute approximate surface area is 103 Å². The summed E-state index contributed by atoms with van der Waals surface area (Å²) in [6.45, 7) is 8.99. The van der Waals surface area contributed by atoms with Gasteiger partial charge >= 0.3 is 0 Å². The fourth-order valence-corrected chi connectivity index (χ4v) is 5.16. The molecule has 0 bridgehead atoms. The minimum Gasteiger partial charge on any atom is -0.298 e. The van der Waals surface area contributed by atoms with Crippen molar-refractivity contribution in [1.29, 1.82) is 0 Å². The average molecular weight is 228 g/mol. The van der Waals surface area contributed by atoms with Gasteiger partial charge in [-0.05, 0) is 28.4 Å². The van der Waals surface area contributed by atoms with Gasteiger partial charge in [0.15, 0.2) is 0 Å². The Bertz CT molecular complexity index is 494. The molecular weight excluding hydrogens is 208 g/mol. The van der Waals surface area contributed by atoms with Crippen LogP contribution in [0.25, 0.3) is 0 Å². The fourth-order valence-electron chi connectivity index (χ4n) is 5.16. The first-order valence-electron chi connectivity index (χ1n) is 6.45. The second-order valence-corrected chi connectivity index (χ2v) is 6.95. The maximum absolute atomic E-state index is 12.7. The van der Waals surface area contributed by atoms with Gasteiger partial charge in [-0.15, -0.1) is 0 Å². The van der Waals surface area contributed by atoms with Crippen molar-refractivity contribution in [1.82, 2.24) is 0 Å². The van der Waals surface area contributed by atoms with Crippen molar-refractivity contribution in [2.24, 2.45) is 10.8 Å². The first kappa shape index (κ1) is 11.0. The summed E-state index contributed by atoms with van der Waals surface area (Å²) in [5.41, 5.74) is 2.50. The molecule has 1 fully saturated rings. The van der Waals surface area contributed by atoms with E-state index in [0.717, 1.165) is 6.42 Å².